The van der Waals surface area contributed by atoms with E-state index in [1.165, 1.54) is 13.2 Å². The maximum Gasteiger partial charge on any atom is 0.193 e. The average Bonchev–Trinajstić information content (AvgIpc) is 2.55. The van der Waals surface area contributed by atoms with E-state index in [0.717, 1.165) is 0 Å². The summed E-state index contributed by atoms with van der Waals surface area (Å²) in [7, 11) is 1.52. The quantitative estimate of drug-likeness (QED) is 0.791. The van der Waals surface area contributed by atoms with Gasteiger partial charge in [-0.2, -0.15) is 0 Å². The summed E-state index contributed by atoms with van der Waals surface area (Å²) in [6.45, 7) is 0.159. The number of methoxy groups -OCH3 is 1. The van der Waals surface area contributed by atoms with Crippen LogP contribution in [0.25, 0.3) is 11.0 Å². The van der Waals surface area contributed by atoms with Gasteiger partial charge in [-0.15, -0.1) is 12.4 Å². The second-order valence-corrected chi connectivity index (χ2v) is 4.70. The highest BCUT2D eigenvalue weighted by atomic mass is 35.5. The SMILES string of the molecule is COc1cc2c(=O)cc(CN)oc2cc1Oc1ccccc1.Cl. The standard InChI is InChI=1S/C17H15NO4.ClH/c1-20-16-8-13-14(19)7-12(10-18)22-15(13)9-17(16)21-11-5-3-2-4-6-11;/h2-9H,10,18H2,1H3;1H. The van der Waals surface area contributed by atoms with Gasteiger partial charge < -0.3 is 19.6 Å². The van der Waals surface area contributed by atoms with Crippen molar-refractivity contribution in [3.63, 3.8) is 0 Å². The Balaban J connectivity index is 0.00000192. The molecule has 0 saturated carbocycles. The molecular formula is C17H16ClNO4. The molecule has 3 rings (SSSR count). The van der Waals surface area contributed by atoms with Gasteiger partial charge in [0.1, 0.15) is 17.1 Å². The van der Waals surface area contributed by atoms with Crippen LogP contribution in [0, 0.1) is 0 Å². The minimum Gasteiger partial charge on any atom is -0.493 e. The zero-order valence-corrected chi connectivity index (χ0v) is 13.3. The summed E-state index contributed by atoms with van der Waals surface area (Å²) in [6, 6.07) is 13.9. The van der Waals surface area contributed by atoms with Crippen molar-refractivity contribution >= 4 is 23.4 Å². The van der Waals surface area contributed by atoms with Crippen LogP contribution < -0.4 is 20.6 Å². The van der Waals surface area contributed by atoms with Crippen molar-refractivity contribution in [3.05, 3.63) is 64.5 Å². The van der Waals surface area contributed by atoms with E-state index in [2.05, 4.69) is 0 Å². The summed E-state index contributed by atoms with van der Waals surface area (Å²) >= 11 is 0. The topological polar surface area (TPSA) is 74.7 Å². The lowest BCUT2D eigenvalue weighted by Gasteiger charge is -2.11. The van der Waals surface area contributed by atoms with Gasteiger partial charge >= 0.3 is 0 Å². The van der Waals surface area contributed by atoms with Crippen LogP contribution >= 0.6 is 12.4 Å². The molecule has 0 bridgehead atoms. The minimum absolute atomic E-state index is 0. The average molecular weight is 334 g/mol. The molecule has 0 aliphatic heterocycles. The fourth-order valence-electron chi connectivity index (χ4n) is 2.17. The van der Waals surface area contributed by atoms with Gasteiger partial charge in [0, 0.05) is 12.1 Å². The number of rotatable bonds is 4. The highest BCUT2D eigenvalue weighted by Gasteiger charge is 2.12. The molecule has 1 heterocycles. The number of halogens is 1. The summed E-state index contributed by atoms with van der Waals surface area (Å²) < 4.78 is 16.7. The molecule has 0 radical (unpaired) electrons. The lowest BCUT2D eigenvalue weighted by molar-refractivity contribution is 0.379. The highest BCUT2D eigenvalue weighted by molar-refractivity contribution is 5.85. The number of hydrogen-bond donors (Lipinski definition) is 1. The fourth-order valence-corrected chi connectivity index (χ4v) is 2.17. The van der Waals surface area contributed by atoms with E-state index in [9.17, 15) is 4.79 Å². The molecule has 0 unspecified atom stereocenters. The van der Waals surface area contributed by atoms with Crippen molar-refractivity contribution in [2.75, 3.05) is 7.11 Å². The van der Waals surface area contributed by atoms with Crippen LogP contribution in [-0.2, 0) is 6.54 Å². The Hall–Kier alpha value is -2.50. The van der Waals surface area contributed by atoms with Gasteiger partial charge in [-0.3, -0.25) is 4.79 Å². The first kappa shape index (κ1) is 16.9. The second-order valence-electron chi connectivity index (χ2n) is 4.70. The Labute approximate surface area is 139 Å². The summed E-state index contributed by atoms with van der Waals surface area (Å²) in [4.78, 5) is 12.1. The Morgan fingerprint density at radius 2 is 1.83 bits per heavy atom. The summed E-state index contributed by atoms with van der Waals surface area (Å²) in [5.74, 6) is 2.02. The minimum atomic E-state index is -0.161. The van der Waals surface area contributed by atoms with Gasteiger partial charge in [0.15, 0.2) is 16.9 Å². The predicted molar refractivity (Wildman–Crippen MR) is 90.7 cm³/mol. The fraction of sp³-hybridized carbons (Fsp3) is 0.118. The van der Waals surface area contributed by atoms with Gasteiger partial charge in [0.05, 0.1) is 19.0 Å². The number of fused-ring (bicyclic) bond motifs is 1. The molecular weight excluding hydrogens is 318 g/mol. The lowest BCUT2D eigenvalue weighted by atomic mass is 10.2. The maximum absolute atomic E-state index is 12.1. The molecule has 0 aliphatic carbocycles. The van der Waals surface area contributed by atoms with E-state index in [1.807, 2.05) is 30.3 Å². The molecule has 0 aliphatic rings. The van der Waals surface area contributed by atoms with E-state index < -0.39 is 0 Å². The molecule has 2 N–H and O–H groups in total. The van der Waals surface area contributed by atoms with Crippen molar-refractivity contribution in [1.82, 2.24) is 0 Å². The Morgan fingerprint density at radius 3 is 2.48 bits per heavy atom. The van der Waals surface area contributed by atoms with E-state index in [0.29, 0.717) is 34.0 Å². The monoisotopic (exact) mass is 333 g/mol. The zero-order valence-electron chi connectivity index (χ0n) is 12.4. The molecule has 0 amide bonds. The molecule has 0 atom stereocenters. The van der Waals surface area contributed by atoms with Crippen LogP contribution in [-0.4, -0.2) is 7.11 Å². The van der Waals surface area contributed by atoms with Crippen LogP contribution in [0.2, 0.25) is 0 Å². The first-order chi connectivity index (χ1) is 10.7. The van der Waals surface area contributed by atoms with Crippen molar-refractivity contribution in [2.24, 2.45) is 5.73 Å². The van der Waals surface area contributed by atoms with Gasteiger partial charge in [-0.05, 0) is 18.2 Å². The summed E-state index contributed by atoms with van der Waals surface area (Å²) in [5, 5.41) is 0.425. The van der Waals surface area contributed by atoms with Crippen LogP contribution in [0.15, 0.2) is 57.7 Å². The first-order valence-corrected chi connectivity index (χ1v) is 6.79. The molecule has 0 spiro atoms. The molecule has 0 fully saturated rings. The third-order valence-electron chi connectivity index (χ3n) is 3.24. The summed E-state index contributed by atoms with van der Waals surface area (Å²) in [6.07, 6.45) is 0. The number of ether oxygens (including phenoxy) is 2. The number of nitrogens with two attached hydrogens (primary N) is 1. The van der Waals surface area contributed by atoms with Crippen LogP contribution in [0.4, 0.5) is 0 Å². The third kappa shape index (κ3) is 3.47. The summed E-state index contributed by atoms with van der Waals surface area (Å²) in [5.41, 5.74) is 5.79. The molecule has 1 aromatic heterocycles. The Kier molecular flexibility index (Phi) is 5.26. The Bertz CT molecular complexity index is 862. The van der Waals surface area contributed by atoms with Crippen LogP contribution in [0.1, 0.15) is 5.76 Å². The van der Waals surface area contributed by atoms with Crippen molar-refractivity contribution in [2.45, 2.75) is 6.54 Å². The molecule has 2 aromatic carbocycles. The lowest BCUT2D eigenvalue weighted by Crippen LogP contribution is -2.06. The second kappa shape index (κ2) is 7.17. The highest BCUT2D eigenvalue weighted by Crippen LogP contribution is 2.34. The van der Waals surface area contributed by atoms with Crippen molar-refractivity contribution in [3.8, 4) is 17.2 Å². The van der Waals surface area contributed by atoms with E-state index >= 15 is 0 Å². The van der Waals surface area contributed by atoms with Gasteiger partial charge in [-0.25, -0.2) is 0 Å². The number of para-hydroxylation sites is 1. The maximum atomic E-state index is 12.1. The van der Waals surface area contributed by atoms with Gasteiger partial charge in [0.25, 0.3) is 0 Å². The van der Waals surface area contributed by atoms with E-state index in [-0.39, 0.29) is 24.4 Å². The number of benzene rings is 2. The van der Waals surface area contributed by atoms with Crippen molar-refractivity contribution < 1.29 is 13.9 Å². The molecule has 23 heavy (non-hydrogen) atoms. The molecule has 6 heteroatoms. The predicted octanol–water partition coefficient (Wildman–Crippen LogP) is 3.47. The van der Waals surface area contributed by atoms with Crippen LogP contribution in [0.3, 0.4) is 0 Å². The molecule has 0 saturated heterocycles. The number of hydrogen-bond acceptors (Lipinski definition) is 5. The molecule has 120 valence electrons. The molecule has 5 nitrogen and oxygen atoms in total. The smallest absolute Gasteiger partial charge is 0.193 e. The Morgan fingerprint density at radius 1 is 1.09 bits per heavy atom. The normalized spacial score (nSPS) is 10.2. The molecule has 3 aromatic rings. The third-order valence-corrected chi connectivity index (χ3v) is 3.24. The first-order valence-electron chi connectivity index (χ1n) is 6.79. The van der Waals surface area contributed by atoms with Gasteiger partial charge in [0.2, 0.25) is 0 Å². The largest absolute Gasteiger partial charge is 0.493 e. The van der Waals surface area contributed by atoms with Crippen molar-refractivity contribution in [1.29, 1.82) is 0 Å². The van der Waals surface area contributed by atoms with Gasteiger partial charge in [-0.1, -0.05) is 18.2 Å². The van der Waals surface area contributed by atoms with E-state index in [4.69, 9.17) is 19.6 Å². The van der Waals surface area contributed by atoms with Crippen LogP contribution in [0.5, 0.6) is 17.2 Å². The zero-order chi connectivity index (χ0) is 15.5. The van der Waals surface area contributed by atoms with E-state index in [1.54, 1.807) is 12.1 Å².